The first-order valence-corrected chi connectivity index (χ1v) is 3.48. The van der Waals surface area contributed by atoms with Gasteiger partial charge < -0.3 is 4.74 Å². The maximum absolute atomic E-state index is 10.8. The van der Waals surface area contributed by atoms with E-state index in [2.05, 4.69) is 4.74 Å². The van der Waals surface area contributed by atoms with Gasteiger partial charge in [-0.05, 0) is 18.8 Å². The Morgan fingerprint density at radius 1 is 1.73 bits per heavy atom. The minimum Gasteiger partial charge on any atom is -0.465 e. The second-order valence-corrected chi connectivity index (χ2v) is 2.52. The number of rotatable bonds is 2. The number of carbonyl (C=O) groups is 1. The van der Waals surface area contributed by atoms with Gasteiger partial charge in [0.15, 0.2) is 0 Å². The Hall–Kier alpha value is -1.30. The van der Waals surface area contributed by atoms with Crippen LogP contribution in [-0.2, 0) is 9.53 Å². The first-order valence-electron chi connectivity index (χ1n) is 3.48. The zero-order valence-electron chi connectivity index (χ0n) is 6.33. The van der Waals surface area contributed by atoms with E-state index in [1.165, 1.54) is 7.11 Å². The number of nitriles is 1. The number of hydrogen-bond donors (Lipinski definition) is 0. The van der Waals surface area contributed by atoms with Crippen LogP contribution in [0.3, 0.4) is 0 Å². The van der Waals surface area contributed by atoms with Crippen LogP contribution in [0.15, 0.2) is 11.6 Å². The van der Waals surface area contributed by atoms with Gasteiger partial charge >= 0.3 is 5.97 Å². The second-order valence-electron chi connectivity index (χ2n) is 2.52. The third-order valence-corrected chi connectivity index (χ3v) is 1.55. The van der Waals surface area contributed by atoms with Crippen molar-refractivity contribution in [3.8, 4) is 6.07 Å². The van der Waals surface area contributed by atoms with Gasteiger partial charge in [-0.2, -0.15) is 5.26 Å². The van der Waals surface area contributed by atoms with Gasteiger partial charge in [-0.3, -0.25) is 0 Å². The van der Waals surface area contributed by atoms with Gasteiger partial charge in [-0.25, -0.2) is 4.79 Å². The summed E-state index contributed by atoms with van der Waals surface area (Å²) >= 11 is 0. The van der Waals surface area contributed by atoms with E-state index in [1.807, 2.05) is 6.07 Å². The van der Waals surface area contributed by atoms with Gasteiger partial charge in [0.2, 0.25) is 0 Å². The molecule has 0 amide bonds. The van der Waals surface area contributed by atoms with Crippen molar-refractivity contribution in [2.75, 3.05) is 7.11 Å². The van der Waals surface area contributed by atoms with Crippen LogP contribution >= 0.6 is 0 Å². The van der Waals surface area contributed by atoms with Gasteiger partial charge in [0.25, 0.3) is 0 Å². The monoisotopic (exact) mass is 151 g/mol. The average Bonchev–Trinajstić information content (AvgIpc) is 2.82. The molecule has 1 fully saturated rings. The molecule has 0 aromatic carbocycles. The Balaban J connectivity index is 2.62. The maximum atomic E-state index is 10.8. The molecule has 3 heteroatoms. The Labute approximate surface area is 65.3 Å². The number of methoxy groups -OCH3 is 1. The Kier molecular flexibility index (Phi) is 2.27. The molecule has 1 saturated carbocycles. The van der Waals surface area contributed by atoms with Crippen molar-refractivity contribution in [1.82, 2.24) is 0 Å². The van der Waals surface area contributed by atoms with E-state index in [-0.39, 0.29) is 5.57 Å². The first-order chi connectivity index (χ1) is 5.27. The highest BCUT2D eigenvalue weighted by Crippen LogP contribution is 2.31. The molecular weight excluding hydrogens is 142 g/mol. The van der Waals surface area contributed by atoms with Crippen molar-refractivity contribution in [3.05, 3.63) is 11.6 Å². The lowest BCUT2D eigenvalue weighted by Gasteiger charge is -1.93. The van der Waals surface area contributed by atoms with E-state index in [4.69, 9.17) is 5.26 Å². The molecule has 0 aliphatic heterocycles. The van der Waals surface area contributed by atoms with E-state index in [0.29, 0.717) is 5.92 Å². The fraction of sp³-hybridized carbons (Fsp3) is 0.500. The zero-order valence-corrected chi connectivity index (χ0v) is 6.33. The highest BCUT2D eigenvalue weighted by molar-refractivity contribution is 5.92. The molecule has 0 aromatic rings. The molecule has 1 rings (SSSR count). The number of hydrogen-bond acceptors (Lipinski definition) is 3. The van der Waals surface area contributed by atoms with Gasteiger partial charge in [-0.15, -0.1) is 0 Å². The van der Waals surface area contributed by atoms with E-state index in [0.717, 1.165) is 12.8 Å². The summed E-state index contributed by atoms with van der Waals surface area (Å²) in [5, 5.41) is 8.49. The Bertz CT molecular complexity index is 233. The molecule has 3 nitrogen and oxygen atoms in total. The summed E-state index contributed by atoms with van der Waals surface area (Å²) in [6.45, 7) is 0. The van der Waals surface area contributed by atoms with Gasteiger partial charge in [0, 0.05) is 0 Å². The molecule has 0 heterocycles. The van der Waals surface area contributed by atoms with E-state index < -0.39 is 5.97 Å². The molecule has 0 unspecified atom stereocenters. The van der Waals surface area contributed by atoms with Crippen LogP contribution in [0.2, 0.25) is 0 Å². The topological polar surface area (TPSA) is 50.1 Å². The third-order valence-electron chi connectivity index (χ3n) is 1.55. The fourth-order valence-corrected chi connectivity index (χ4v) is 0.760. The van der Waals surface area contributed by atoms with E-state index in [9.17, 15) is 4.79 Å². The number of carbonyl (C=O) groups excluding carboxylic acids is 1. The lowest BCUT2D eigenvalue weighted by Crippen LogP contribution is -2.02. The third kappa shape index (κ3) is 2.08. The molecule has 0 spiro atoms. The summed E-state index contributed by atoms with van der Waals surface area (Å²) in [5.41, 5.74) is 0.134. The summed E-state index contributed by atoms with van der Waals surface area (Å²) in [4.78, 5) is 10.8. The van der Waals surface area contributed by atoms with Gasteiger partial charge in [0.1, 0.15) is 11.6 Å². The van der Waals surface area contributed by atoms with Crippen LogP contribution < -0.4 is 0 Å². The van der Waals surface area contributed by atoms with Gasteiger partial charge in [-0.1, -0.05) is 6.08 Å². The molecule has 0 radical (unpaired) electrons. The highest BCUT2D eigenvalue weighted by Gasteiger charge is 2.21. The summed E-state index contributed by atoms with van der Waals surface area (Å²) in [7, 11) is 1.28. The average molecular weight is 151 g/mol. The molecule has 1 aliphatic rings. The van der Waals surface area contributed by atoms with Crippen LogP contribution in [0, 0.1) is 17.2 Å². The summed E-state index contributed by atoms with van der Waals surface area (Å²) < 4.78 is 4.40. The normalized spacial score (nSPS) is 17.3. The molecule has 0 N–H and O–H groups in total. The van der Waals surface area contributed by atoms with Gasteiger partial charge in [0.05, 0.1) is 7.11 Å². The van der Waals surface area contributed by atoms with E-state index in [1.54, 1.807) is 6.08 Å². The predicted octanol–water partition coefficient (Wildman–Crippen LogP) is 1.02. The molecule has 0 saturated heterocycles. The first kappa shape index (κ1) is 7.80. The van der Waals surface area contributed by atoms with E-state index >= 15 is 0 Å². The lowest BCUT2D eigenvalue weighted by atomic mass is 10.2. The van der Waals surface area contributed by atoms with Crippen molar-refractivity contribution in [2.45, 2.75) is 12.8 Å². The number of nitrogens with zero attached hydrogens (tertiary/aromatic N) is 1. The SMILES string of the molecule is COC(=O)/C(C#N)=C\C1CC1. The molecule has 58 valence electrons. The molecule has 0 aromatic heterocycles. The molecule has 0 atom stereocenters. The predicted molar refractivity (Wildman–Crippen MR) is 38.4 cm³/mol. The number of allylic oxidation sites excluding steroid dienone is 1. The Morgan fingerprint density at radius 3 is 2.73 bits per heavy atom. The summed E-state index contributed by atoms with van der Waals surface area (Å²) in [6, 6.07) is 1.81. The summed E-state index contributed by atoms with van der Waals surface area (Å²) in [5.74, 6) is -0.0943. The smallest absolute Gasteiger partial charge is 0.348 e. The standard InChI is InChI=1S/C8H9NO2/c1-11-8(10)7(5-9)4-6-2-3-6/h4,6H,2-3H2,1H3/b7-4-. The minimum atomic E-state index is -0.528. The molecule has 1 aliphatic carbocycles. The zero-order chi connectivity index (χ0) is 8.27. The highest BCUT2D eigenvalue weighted by atomic mass is 16.5. The van der Waals surface area contributed by atoms with Crippen LogP contribution in [-0.4, -0.2) is 13.1 Å². The lowest BCUT2D eigenvalue weighted by molar-refractivity contribution is -0.135. The summed E-state index contributed by atoms with van der Waals surface area (Å²) in [6.07, 6.45) is 3.86. The van der Waals surface area contributed by atoms with Crippen molar-refractivity contribution in [1.29, 1.82) is 5.26 Å². The molecule has 0 bridgehead atoms. The second kappa shape index (κ2) is 3.20. The minimum absolute atomic E-state index is 0.134. The number of ether oxygens (including phenoxy) is 1. The van der Waals surface area contributed by atoms with Crippen LogP contribution in [0.4, 0.5) is 0 Å². The molecule has 11 heavy (non-hydrogen) atoms. The Morgan fingerprint density at radius 2 is 2.36 bits per heavy atom. The maximum Gasteiger partial charge on any atom is 0.348 e. The van der Waals surface area contributed by atoms with Crippen LogP contribution in [0.5, 0.6) is 0 Å². The van der Waals surface area contributed by atoms with Crippen LogP contribution in [0.25, 0.3) is 0 Å². The van der Waals surface area contributed by atoms with Crippen molar-refractivity contribution in [2.24, 2.45) is 5.92 Å². The van der Waals surface area contributed by atoms with Crippen LogP contribution in [0.1, 0.15) is 12.8 Å². The number of esters is 1. The quantitative estimate of drug-likeness (QED) is 0.336. The fourth-order valence-electron chi connectivity index (χ4n) is 0.760. The van der Waals surface area contributed by atoms with Crippen molar-refractivity contribution < 1.29 is 9.53 Å². The largest absolute Gasteiger partial charge is 0.465 e. The van der Waals surface area contributed by atoms with Crippen molar-refractivity contribution >= 4 is 5.97 Å². The van der Waals surface area contributed by atoms with Crippen molar-refractivity contribution in [3.63, 3.8) is 0 Å². The molecular formula is C8H9NO2.